The smallest absolute Gasteiger partial charge is 0.283 e. The Labute approximate surface area is 189 Å². The van der Waals surface area contributed by atoms with Gasteiger partial charge in [-0.05, 0) is 60.7 Å². The summed E-state index contributed by atoms with van der Waals surface area (Å²) in [6.07, 6.45) is 0. The van der Waals surface area contributed by atoms with E-state index in [0.29, 0.717) is 28.4 Å². The van der Waals surface area contributed by atoms with Crippen LogP contribution in [-0.2, 0) is 9.59 Å². The molecule has 0 fully saturated rings. The normalized spacial score (nSPS) is 13.4. The van der Waals surface area contributed by atoms with Crippen molar-refractivity contribution in [1.29, 1.82) is 0 Å². The Morgan fingerprint density at radius 3 is 2.12 bits per heavy atom. The van der Waals surface area contributed by atoms with Gasteiger partial charge in [0.2, 0.25) is 0 Å². The minimum atomic E-state index is -0.622. The molecule has 160 valence electrons. The Hall–Kier alpha value is -4.10. The van der Waals surface area contributed by atoms with Crippen molar-refractivity contribution in [1.82, 2.24) is 0 Å². The number of carbonyl (C=O) groups is 3. The Morgan fingerprint density at radius 1 is 0.844 bits per heavy atom. The molecule has 0 aliphatic carbocycles. The highest BCUT2D eigenvalue weighted by Crippen LogP contribution is 2.31. The van der Waals surface area contributed by atoms with Gasteiger partial charge < -0.3 is 15.4 Å². The first-order valence-corrected chi connectivity index (χ1v) is 10.0. The number of hydrogen-bond acceptors (Lipinski definition) is 5. The summed E-state index contributed by atoms with van der Waals surface area (Å²) < 4.78 is 5.10. The zero-order valence-corrected chi connectivity index (χ0v) is 17.7. The summed E-state index contributed by atoms with van der Waals surface area (Å²) in [5.74, 6) is -0.862. The first kappa shape index (κ1) is 21.1. The lowest BCUT2D eigenvalue weighted by Crippen LogP contribution is -2.32. The molecule has 0 aromatic heterocycles. The van der Waals surface area contributed by atoms with E-state index in [4.69, 9.17) is 16.3 Å². The van der Waals surface area contributed by atoms with Crippen molar-refractivity contribution < 1.29 is 19.1 Å². The minimum Gasteiger partial charge on any atom is -0.497 e. The highest BCUT2D eigenvalue weighted by atomic mass is 35.5. The van der Waals surface area contributed by atoms with Gasteiger partial charge in [-0.25, -0.2) is 4.90 Å². The fraction of sp³-hybridized carbons (Fsp3) is 0.0417. The van der Waals surface area contributed by atoms with Crippen LogP contribution in [0.25, 0.3) is 0 Å². The third-order valence-corrected chi connectivity index (χ3v) is 5.16. The van der Waals surface area contributed by atoms with Crippen LogP contribution in [0.2, 0.25) is 0 Å². The highest BCUT2D eigenvalue weighted by Gasteiger charge is 2.38. The summed E-state index contributed by atoms with van der Waals surface area (Å²) >= 11 is 6.16. The van der Waals surface area contributed by atoms with E-state index in [0.717, 1.165) is 4.90 Å². The van der Waals surface area contributed by atoms with E-state index < -0.39 is 11.8 Å². The fourth-order valence-electron chi connectivity index (χ4n) is 3.15. The van der Waals surface area contributed by atoms with Crippen LogP contribution in [0.5, 0.6) is 5.75 Å². The Kier molecular flexibility index (Phi) is 5.91. The Balaban J connectivity index is 1.48. The summed E-state index contributed by atoms with van der Waals surface area (Å²) in [6, 6.07) is 22.1. The van der Waals surface area contributed by atoms with Crippen molar-refractivity contribution in [3.63, 3.8) is 0 Å². The topological polar surface area (TPSA) is 87.7 Å². The largest absolute Gasteiger partial charge is 0.497 e. The van der Waals surface area contributed by atoms with E-state index in [2.05, 4.69) is 10.6 Å². The van der Waals surface area contributed by atoms with Gasteiger partial charge in [-0.3, -0.25) is 14.4 Å². The zero-order chi connectivity index (χ0) is 22.7. The van der Waals surface area contributed by atoms with Crippen LogP contribution in [0.1, 0.15) is 10.4 Å². The number of amides is 3. The molecule has 0 bridgehead atoms. The molecule has 1 heterocycles. The minimum absolute atomic E-state index is 0.0334. The fourth-order valence-corrected chi connectivity index (χ4v) is 3.36. The molecule has 2 N–H and O–H groups in total. The van der Waals surface area contributed by atoms with Crippen molar-refractivity contribution in [2.75, 3.05) is 22.6 Å². The first-order chi connectivity index (χ1) is 15.5. The molecule has 4 rings (SSSR count). The molecule has 3 aromatic carbocycles. The van der Waals surface area contributed by atoms with Crippen molar-refractivity contribution in [3.05, 3.63) is 95.2 Å². The number of imide groups is 1. The van der Waals surface area contributed by atoms with Crippen molar-refractivity contribution in [2.45, 2.75) is 0 Å². The second kappa shape index (κ2) is 8.95. The van der Waals surface area contributed by atoms with E-state index in [9.17, 15) is 14.4 Å². The molecule has 0 atom stereocenters. The average Bonchev–Trinajstić information content (AvgIpc) is 3.03. The van der Waals surface area contributed by atoms with Gasteiger partial charge in [0.15, 0.2) is 0 Å². The lowest BCUT2D eigenvalue weighted by Gasteiger charge is -2.15. The third-order valence-electron chi connectivity index (χ3n) is 4.81. The maximum absolute atomic E-state index is 12.9. The summed E-state index contributed by atoms with van der Waals surface area (Å²) in [5, 5.41) is 5.48. The first-order valence-electron chi connectivity index (χ1n) is 9.64. The van der Waals surface area contributed by atoms with E-state index in [-0.39, 0.29) is 16.6 Å². The van der Waals surface area contributed by atoms with Crippen LogP contribution in [0.15, 0.2) is 89.6 Å². The van der Waals surface area contributed by atoms with E-state index in [1.807, 2.05) is 18.2 Å². The number of methoxy groups -OCH3 is 1. The summed E-state index contributed by atoms with van der Waals surface area (Å²) in [5.41, 5.74) is 1.98. The molecule has 0 spiro atoms. The lowest BCUT2D eigenvalue weighted by atomic mass is 10.2. The van der Waals surface area contributed by atoms with E-state index in [1.165, 1.54) is 7.11 Å². The molecule has 0 saturated carbocycles. The number of rotatable bonds is 6. The Morgan fingerprint density at radius 2 is 1.50 bits per heavy atom. The number of nitrogens with one attached hydrogen (secondary N) is 2. The Bertz CT molecular complexity index is 1210. The second-order valence-electron chi connectivity index (χ2n) is 6.86. The van der Waals surface area contributed by atoms with Gasteiger partial charge in [-0.1, -0.05) is 29.8 Å². The number of para-hydroxylation sites is 1. The number of carbonyl (C=O) groups excluding carboxylic acids is 3. The van der Waals surface area contributed by atoms with Crippen LogP contribution in [0, 0.1) is 0 Å². The molecule has 1 aliphatic heterocycles. The van der Waals surface area contributed by atoms with Gasteiger partial charge >= 0.3 is 0 Å². The summed E-state index contributed by atoms with van der Waals surface area (Å²) in [7, 11) is 1.53. The van der Waals surface area contributed by atoms with E-state index >= 15 is 0 Å². The second-order valence-corrected chi connectivity index (χ2v) is 7.23. The monoisotopic (exact) mass is 447 g/mol. The molecule has 32 heavy (non-hydrogen) atoms. The van der Waals surface area contributed by atoms with Crippen LogP contribution in [0.3, 0.4) is 0 Å². The molecule has 0 radical (unpaired) electrons. The number of nitrogens with zero attached hydrogens (tertiary/aromatic N) is 1. The molecule has 3 amide bonds. The predicted molar refractivity (Wildman–Crippen MR) is 123 cm³/mol. The highest BCUT2D eigenvalue weighted by molar-refractivity contribution is 6.53. The average molecular weight is 448 g/mol. The van der Waals surface area contributed by atoms with Gasteiger partial charge in [-0.2, -0.15) is 0 Å². The number of benzene rings is 3. The quantitative estimate of drug-likeness (QED) is 0.547. The van der Waals surface area contributed by atoms with Crippen LogP contribution >= 0.6 is 11.6 Å². The summed E-state index contributed by atoms with van der Waals surface area (Å²) in [6.45, 7) is 0. The standard InChI is InChI=1S/C24H18ClN3O4/c1-32-19-13-11-18(12-14-19)28-23(30)20(25)21(24(28)31)26-17-9-7-15(8-10-17)22(29)27-16-5-3-2-4-6-16/h2-14,26H,1H3,(H,27,29). The van der Waals surface area contributed by atoms with Crippen LogP contribution in [0.4, 0.5) is 17.1 Å². The SMILES string of the molecule is COc1ccc(N2C(=O)C(Cl)=C(Nc3ccc(C(=O)Nc4ccccc4)cc3)C2=O)cc1. The number of halogens is 1. The molecular weight excluding hydrogens is 430 g/mol. The zero-order valence-electron chi connectivity index (χ0n) is 17.0. The molecule has 8 heteroatoms. The van der Waals surface area contributed by atoms with Crippen molar-refractivity contribution >= 4 is 46.4 Å². The van der Waals surface area contributed by atoms with Gasteiger partial charge in [-0.15, -0.1) is 0 Å². The molecule has 7 nitrogen and oxygen atoms in total. The number of ether oxygens (including phenoxy) is 1. The molecule has 3 aromatic rings. The molecule has 0 unspecified atom stereocenters. The van der Waals surface area contributed by atoms with Gasteiger partial charge in [0, 0.05) is 16.9 Å². The lowest BCUT2D eigenvalue weighted by molar-refractivity contribution is -0.120. The van der Waals surface area contributed by atoms with E-state index in [1.54, 1.807) is 60.7 Å². The van der Waals surface area contributed by atoms with Gasteiger partial charge in [0.25, 0.3) is 17.7 Å². The summed E-state index contributed by atoms with van der Waals surface area (Å²) in [4.78, 5) is 38.8. The van der Waals surface area contributed by atoms with Gasteiger partial charge in [0.05, 0.1) is 12.8 Å². The van der Waals surface area contributed by atoms with Gasteiger partial charge in [0.1, 0.15) is 16.5 Å². The van der Waals surface area contributed by atoms with Crippen LogP contribution < -0.4 is 20.3 Å². The number of anilines is 3. The maximum Gasteiger partial charge on any atom is 0.283 e. The maximum atomic E-state index is 12.9. The number of hydrogen-bond donors (Lipinski definition) is 2. The van der Waals surface area contributed by atoms with Crippen LogP contribution in [-0.4, -0.2) is 24.8 Å². The molecule has 0 saturated heterocycles. The third kappa shape index (κ3) is 4.19. The predicted octanol–water partition coefficient (Wildman–Crippen LogP) is 4.38. The van der Waals surface area contributed by atoms with Crippen molar-refractivity contribution in [3.8, 4) is 5.75 Å². The molecule has 1 aliphatic rings. The molecular formula is C24H18ClN3O4. The van der Waals surface area contributed by atoms with Crippen molar-refractivity contribution in [2.24, 2.45) is 0 Å².